The molecule has 1 unspecified atom stereocenters. The fourth-order valence-corrected chi connectivity index (χ4v) is 4.68. The van der Waals surface area contributed by atoms with Crippen LogP contribution < -0.4 is 5.73 Å². The first-order valence-electron chi connectivity index (χ1n) is 8.90. The maximum Gasteiger partial charge on any atom is 0.221 e. The van der Waals surface area contributed by atoms with E-state index in [0.29, 0.717) is 5.69 Å². The minimum atomic E-state index is -0.321. The van der Waals surface area contributed by atoms with Crippen LogP contribution in [0.4, 0.5) is 5.69 Å². The summed E-state index contributed by atoms with van der Waals surface area (Å²) in [6.07, 6.45) is 0.838. The number of nitrogens with two attached hydrogens (primary N) is 1. The van der Waals surface area contributed by atoms with E-state index in [1.807, 2.05) is 22.8 Å². The Morgan fingerprint density at radius 3 is 2.48 bits per heavy atom. The third-order valence-corrected chi connectivity index (χ3v) is 5.67. The third kappa shape index (κ3) is 2.55. The number of para-hydroxylation sites is 1. The Hall–Kier alpha value is -2.73. The Morgan fingerprint density at radius 1 is 1.11 bits per heavy atom. The van der Waals surface area contributed by atoms with Crippen LogP contribution in [0.2, 0.25) is 0 Å². The summed E-state index contributed by atoms with van der Waals surface area (Å²) in [4.78, 5) is 0. The van der Waals surface area contributed by atoms with E-state index < -0.39 is 0 Å². The van der Waals surface area contributed by atoms with Gasteiger partial charge in [0.2, 0.25) is 11.0 Å². The van der Waals surface area contributed by atoms with E-state index in [4.69, 9.17) is 18.0 Å². The molecule has 5 nitrogen and oxygen atoms in total. The van der Waals surface area contributed by atoms with E-state index in [1.54, 1.807) is 0 Å². The van der Waals surface area contributed by atoms with Gasteiger partial charge < -0.3 is 15.4 Å². The van der Waals surface area contributed by atoms with Crippen LogP contribution in [0.5, 0.6) is 5.88 Å². The van der Waals surface area contributed by atoms with Gasteiger partial charge in [-0.3, -0.25) is 0 Å². The lowest BCUT2D eigenvalue weighted by Crippen LogP contribution is -2.41. The number of nitrogens with zero attached hydrogens (tertiary/aromatic N) is 3. The van der Waals surface area contributed by atoms with Crippen molar-refractivity contribution < 1.29 is 5.11 Å². The molecule has 1 aliphatic rings. The molecule has 0 saturated heterocycles. The van der Waals surface area contributed by atoms with Crippen LogP contribution in [-0.4, -0.2) is 14.8 Å². The van der Waals surface area contributed by atoms with Gasteiger partial charge in [-0.15, -0.1) is 10.2 Å². The summed E-state index contributed by atoms with van der Waals surface area (Å²) in [6, 6.07) is 16.6. The van der Waals surface area contributed by atoms with Crippen molar-refractivity contribution in [3.8, 4) is 5.88 Å². The first-order valence-corrected chi connectivity index (χ1v) is 9.30. The van der Waals surface area contributed by atoms with Crippen LogP contribution in [0.1, 0.15) is 38.3 Å². The normalized spacial score (nSPS) is 21.0. The molecule has 3 N–H and O–H groups in total. The minimum absolute atomic E-state index is 0.0605. The SMILES string of the molecule is CC1(c2ccccc2)CC(C)(C)n2c(O)c(N=NC(N)=S)c3cccc1c32. The molecule has 27 heavy (non-hydrogen) atoms. The highest BCUT2D eigenvalue weighted by Gasteiger charge is 2.44. The van der Waals surface area contributed by atoms with E-state index in [1.165, 1.54) is 5.56 Å². The van der Waals surface area contributed by atoms with Gasteiger partial charge in [-0.2, -0.15) is 0 Å². The molecule has 0 radical (unpaired) electrons. The first kappa shape index (κ1) is 17.7. The lowest BCUT2D eigenvalue weighted by atomic mass is 9.66. The first-order chi connectivity index (χ1) is 12.8. The molecule has 1 aromatic heterocycles. The summed E-state index contributed by atoms with van der Waals surface area (Å²) in [5, 5.41) is 19.7. The number of hydrogen-bond acceptors (Lipinski definition) is 3. The van der Waals surface area contributed by atoms with Crippen LogP contribution >= 0.6 is 12.2 Å². The molecule has 1 aliphatic heterocycles. The zero-order valence-corrected chi connectivity index (χ0v) is 16.4. The van der Waals surface area contributed by atoms with Crippen molar-refractivity contribution >= 4 is 33.9 Å². The molecule has 2 heterocycles. The Labute approximate surface area is 163 Å². The Bertz CT molecular complexity index is 1080. The van der Waals surface area contributed by atoms with Gasteiger partial charge in [-0.25, -0.2) is 0 Å². The summed E-state index contributed by atoms with van der Waals surface area (Å²) in [6.45, 7) is 6.54. The molecule has 0 spiro atoms. The van der Waals surface area contributed by atoms with Gasteiger partial charge in [-0.05, 0) is 43.6 Å². The van der Waals surface area contributed by atoms with Gasteiger partial charge >= 0.3 is 0 Å². The maximum atomic E-state index is 11.0. The molecule has 0 amide bonds. The van der Waals surface area contributed by atoms with Crippen LogP contribution in [0, 0.1) is 0 Å². The lowest BCUT2D eigenvalue weighted by molar-refractivity contribution is 0.236. The zero-order chi connectivity index (χ0) is 19.4. The topological polar surface area (TPSA) is 75.9 Å². The molecule has 4 rings (SSSR count). The highest BCUT2D eigenvalue weighted by Crippen LogP contribution is 2.54. The summed E-state index contributed by atoms with van der Waals surface area (Å²) in [7, 11) is 0. The average molecular weight is 379 g/mol. The van der Waals surface area contributed by atoms with Crippen molar-refractivity contribution in [3.05, 3.63) is 59.7 Å². The fourth-order valence-electron chi connectivity index (χ4n) is 4.64. The number of rotatable bonds is 2. The third-order valence-electron chi connectivity index (χ3n) is 5.58. The Morgan fingerprint density at radius 2 is 1.81 bits per heavy atom. The van der Waals surface area contributed by atoms with Gasteiger partial charge in [-0.1, -0.05) is 55.5 Å². The molecule has 0 aliphatic carbocycles. The number of benzene rings is 2. The van der Waals surface area contributed by atoms with E-state index in [-0.39, 0.29) is 21.9 Å². The second-order valence-electron chi connectivity index (χ2n) is 7.93. The average Bonchev–Trinajstić information content (AvgIpc) is 2.91. The van der Waals surface area contributed by atoms with Crippen molar-refractivity contribution in [2.45, 2.75) is 38.1 Å². The standard InChI is InChI=1S/C21H22N4OS/c1-20(2)12-21(3,13-8-5-4-6-9-13)15-11-7-10-14-16(23-24-19(22)27)18(26)25(20)17(14)15/h4-11,26H,12H2,1-3H3,(H2,22,27). The van der Waals surface area contributed by atoms with E-state index >= 15 is 0 Å². The van der Waals surface area contributed by atoms with Crippen LogP contribution in [-0.2, 0) is 11.0 Å². The second-order valence-corrected chi connectivity index (χ2v) is 8.35. The predicted molar refractivity (Wildman–Crippen MR) is 112 cm³/mol. The molecular formula is C21H22N4OS. The maximum absolute atomic E-state index is 11.0. The van der Waals surface area contributed by atoms with Crippen molar-refractivity contribution in [3.63, 3.8) is 0 Å². The number of hydrogen-bond donors (Lipinski definition) is 2. The lowest BCUT2D eigenvalue weighted by Gasteiger charge is -2.45. The molecule has 3 aromatic rings. The number of azo groups is 1. The van der Waals surface area contributed by atoms with Crippen molar-refractivity contribution in [1.29, 1.82) is 0 Å². The number of thiocarbonyl (C=S) groups is 1. The van der Waals surface area contributed by atoms with Crippen LogP contribution in [0.25, 0.3) is 10.9 Å². The van der Waals surface area contributed by atoms with Gasteiger partial charge in [0, 0.05) is 16.3 Å². The highest BCUT2D eigenvalue weighted by molar-refractivity contribution is 7.80. The second kappa shape index (κ2) is 5.89. The van der Waals surface area contributed by atoms with Gasteiger partial charge in [0.25, 0.3) is 0 Å². The summed E-state index contributed by atoms with van der Waals surface area (Å²) in [5.74, 6) is 0.0950. The number of aromatic nitrogens is 1. The van der Waals surface area contributed by atoms with Gasteiger partial charge in [0.1, 0.15) is 0 Å². The Balaban J connectivity index is 2.09. The predicted octanol–water partition coefficient (Wildman–Crippen LogP) is 5.12. The van der Waals surface area contributed by atoms with E-state index in [2.05, 4.69) is 61.3 Å². The van der Waals surface area contributed by atoms with Crippen molar-refractivity contribution in [2.24, 2.45) is 16.0 Å². The van der Waals surface area contributed by atoms with Crippen LogP contribution in [0.15, 0.2) is 58.8 Å². The minimum Gasteiger partial charge on any atom is -0.493 e. The Kier molecular flexibility index (Phi) is 3.85. The molecule has 0 saturated carbocycles. The van der Waals surface area contributed by atoms with Crippen molar-refractivity contribution in [1.82, 2.24) is 4.57 Å². The molecular weight excluding hydrogens is 356 g/mol. The monoisotopic (exact) mass is 378 g/mol. The van der Waals surface area contributed by atoms with E-state index in [9.17, 15) is 5.11 Å². The molecule has 1 atom stereocenters. The molecule has 2 aromatic carbocycles. The van der Waals surface area contributed by atoms with Gasteiger partial charge in [0.05, 0.1) is 5.52 Å². The summed E-state index contributed by atoms with van der Waals surface area (Å²) < 4.78 is 1.97. The zero-order valence-electron chi connectivity index (χ0n) is 15.6. The fraction of sp³-hybridized carbons (Fsp3) is 0.286. The molecule has 138 valence electrons. The number of aromatic hydroxyl groups is 1. The summed E-state index contributed by atoms with van der Waals surface area (Å²) in [5.41, 5.74) is 8.76. The van der Waals surface area contributed by atoms with Gasteiger partial charge in [0.15, 0.2) is 5.69 Å². The molecule has 6 heteroatoms. The van der Waals surface area contributed by atoms with Crippen molar-refractivity contribution in [2.75, 3.05) is 0 Å². The molecule has 0 fully saturated rings. The quantitative estimate of drug-likeness (QED) is 0.480. The van der Waals surface area contributed by atoms with E-state index in [0.717, 1.165) is 22.9 Å². The summed E-state index contributed by atoms with van der Waals surface area (Å²) >= 11 is 4.81. The van der Waals surface area contributed by atoms with Crippen LogP contribution in [0.3, 0.4) is 0 Å². The smallest absolute Gasteiger partial charge is 0.221 e. The molecule has 0 bridgehead atoms. The highest BCUT2D eigenvalue weighted by atomic mass is 32.1. The largest absolute Gasteiger partial charge is 0.493 e.